The molecular formula is C10H20F3NO. The second-order valence-corrected chi connectivity index (χ2v) is 3.68. The van der Waals surface area contributed by atoms with Gasteiger partial charge in [-0.2, -0.15) is 13.2 Å². The van der Waals surface area contributed by atoms with Crippen LogP contribution in [-0.2, 0) is 4.74 Å². The predicted octanol–water partition coefficient (Wildman–Crippen LogP) is 2.73. The van der Waals surface area contributed by atoms with Gasteiger partial charge >= 0.3 is 6.18 Å². The third-order valence-electron chi connectivity index (χ3n) is 2.19. The fraction of sp³-hybridized carbons (Fsp3) is 1.00. The largest absolute Gasteiger partial charge is 0.391 e. The minimum Gasteiger partial charge on any atom is -0.377 e. The van der Waals surface area contributed by atoms with E-state index >= 15 is 0 Å². The first kappa shape index (κ1) is 14.7. The molecule has 0 heterocycles. The van der Waals surface area contributed by atoms with E-state index in [-0.39, 0.29) is 18.8 Å². The smallest absolute Gasteiger partial charge is 0.377 e. The molecule has 0 aliphatic carbocycles. The number of halogens is 3. The standard InChI is InChI=1S/C10H20F3NO/c1-4-6-14-8(2)9(3)15-7-5-10(11,12)13/h8-9,14H,4-7H2,1-3H3. The maximum absolute atomic E-state index is 11.8. The van der Waals surface area contributed by atoms with E-state index in [0.29, 0.717) is 0 Å². The normalized spacial score (nSPS) is 16.4. The summed E-state index contributed by atoms with van der Waals surface area (Å²) in [6.07, 6.45) is -4.20. The Morgan fingerprint density at radius 3 is 2.33 bits per heavy atom. The van der Waals surface area contributed by atoms with Crippen LogP contribution >= 0.6 is 0 Å². The molecule has 2 nitrogen and oxygen atoms in total. The Bertz CT molecular complexity index is 161. The van der Waals surface area contributed by atoms with Crippen LogP contribution in [-0.4, -0.2) is 31.5 Å². The molecule has 0 bridgehead atoms. The van der Waals surface area contributed by atoms with Crippen molar-refractivity contribution in [3.63, 3.8) is 0 Å². The van der Waals surface area contributed by atoms with Crippen LogP contribution in [0.25, 0.3) is 0 Å². The molecule has 0 spiro atoms. The summed E-state index contributed by atoms with van der Waals surface area (Å²) in [6.45, 7) is 6.32. The van der Waals surface area contributed by atoms with E-state index < -0.39 is 12.6 Å². The van der Waals surface area contributed by atoms with Gasteiger partial charge in [0.05, 0.1) is 19.1 Å². The third kappa shape index (κ3) is 8.69. The van der Waals surface area contributed by atoms with E-state index in [1.165, 1.54) is 0 Å². The van der Waals surface area contributed by atoms with Crippen LogP contribution < -0.4 is 5.32 Å². The van der Waals surface area contributed by atoms with Gasteiger partial charge in [0.25, 0.3) is 0 Å². The molecule has 0 aromatic carbocycles. The summed E-state index contributed by atoms with van der Waals surface area (Å²) in [5.74, 6) is 0. The molecular weight excluding hydrogens is 207 g/mol. The summed E-state index contributed by atoms with van der Waals surface area (Å²) in [7, 11) is 0. The SMILES string of the molecule is CCCNC(C)C(C)OCCC(F)(F)F. The lowest BCUT2D eigenvalue weighted by molar-refractivity contribution is -0.149. The Morgan fingerprint density at radius 2 is 1.87 bits per heavy atom. The van der Waals surface area contributed by atoms with Crippen LogP contribution in [0, 0.1) is 0 Å². The fourth-order valence-electron chi connectivity index (χ4n) is 1.04. The number of rotatable bonds is 7. The van der Waals surface area contributed by atoms with Crippen molar-refractivity contribution in [2.75, 3.05) is 13.2 Å². The van der Waals surface area contributed by atoms with Gasteiger partial charge in [0.2, 0.25) is 0 Å². The zero-order valence-electron chi connectivity index (χ0n) is 9.53. The second-order valence-electron chi connectivity index (χ2n) is 3.68. The molecule has 1 N–H and O–H groups in total. The zero-order chi connectivity index (χ0) is 11.9. The van der Waals surface area contributed by atoms with E-state index in [9.17, 15) is 13.2 Å². The number of hydrogen-bond donors (Lipinski definition) is 1. The van der Waals surface area contributed by atoms with Crippen LogP contribution in [0.5, 0.6) is 0 Å². The van der Waals surface area contributed by atoms with Gasteiger partial charge in [-0.05, 0) is 26.8 Å². The van der Waals surface area contributed by atoms with Gasteiger partial charge < -0.3 is 10.1 Å². The van der Waals surface area contributed by atoms with E-state index in [4.69, 9.17) is 4.74 Å². The molecule has 0 aromatic heterocycles. The topological polar surface area (TPSA) is 21.3 Å². The highest BCUT2D eigenvalue weighted by Crippen LogP contribution is 2.19. The lowest BCUT2D eigenvalue weighted by Crippen LogP contribution is -2.38. The average molecular weight is 227 g/mol. The second kappa shape index (κ2) is 7.06. The third-order valence-corrected chi connectivity index (χ3v) is 2.19. The van der Waals surface area contributed by atoms with Crippen molar-refractivity contribution >= 4 is 0 Å². The zero-order valence-corrected chi connectivity index (χ0v) is 9.53. The molecule has 92 valence electrons. The lowest BCUT2D eigenvalue weighted by Gasteiger charge is -2.21. The predicted molar refractivity (Wildman–Crippen MR) is 53.8 cm³/mol. The lowest BCUT2D eigenvalue weighted by atomic mass is 10.2. The summed E-state index contributed by atoms with van der Waals surface area (Å²) in [5, 5.41) is 3.17. The fourth-order valence-corrected chi connectivity index (χ4v) is 1.04. The van der Waals surface area contributed by atoms with Gasteiger partial charge in [0.15, 0.2) is 0 Å². The van der Waals surface area contributed by atoms with Crippen LogP contribution in [0.3, 0.4) is 0 Å². The summed E-state index contributed by atoms with van der Waals surface area (Å²) in [5.41, 5.74) is 0. The van der Waals surface area contributed by atoms with Crippen molar-refractivity contribution in [2.45, 2.75) is 51.9 Å². The first-order chi connectivity index (χ1) is 6.87. The quantitative estimate of drug-likeness (QED) is 0.722. The van der Waals surface area contributed by atoms with Crippen molar-refractivity contribution in [2.24, 2.45) is 0 Å². The van der Waals surface area contributed by atoms with E-state index in [1.54, 1.807) is 6.92 Å². The molecule has 0 radical (unpaired) electrons. The number of nitrogens with one attached hydrogen (secondary N) is 1. The van der Waals surface area contributed by atoms with Crippen molar-refractivity contribution < 1.29 is 17.9 Å². The van der Waals surface area contributed by atoms with E-state index in [0.717, 1.165) is 13.0 Å². The van der Waals surface area contributed by atoms with Gasteiger partial charge in [-0.15, -0.1) is 0 Å². The Hall–Kier alpha value is -0.290. The molecule has 0 aliphatic rings. The molecule has 0 aromatic rings. The first-order valence-electron chi connectivity index (χ1n) is 5.28. The summed E-state index contributed by atoms with van der Waals surface area (Å²) < 4.78 is 40.5. The molecule has 0 saturated heterocycles. The number of alkyl halides is 3. The van der Waals surface area contributed by atoms with Gasteiger partial charge in [-0.25, -0.2) is 0 Å². The van der Waals surface area contributed by atoms with Crippen molar-refractivity contribution in [3.05, 3.63) is 0 Å². The van der Waals surface area contributed by atoms with Gasteiger partial charge in [-0.1, -0.05) is 6.92 Å². The molecule has 0 rings (SSSR count). The summed E-state index contributed by atoms with van der Waals surface area (Å²) in [4.78, 5) is 0. The Labute approximate surface area is 89.2 Å². The van der Waals surface area contributed by atoms with Crippen molar-refractivity contribution in [1.29, 1.82) is 0 Å². The molecule has 2 unspecified atom stereocenters. The summed E-state index contributed by atoms with van der Waals surface area (Å²) in [6, 6.07) is 0.0817. The number of ether oxygens (including phenoxy) is 1. The highest BCUT2D eigenvalue weighted by atomic mass is 19.4. The van der Waals surface area contributed by atoms with Crippen molar-refractivity contribution in [1.82, 2.24) is 5.32 Å². The monoisotopic (exact) mass is 227 g/mol. The molecule has 0 amide bonds. The average Bonchev–Trinajstić information content (AvgIpc) is 2.11. The minimum absolute atomic E-state index is 0.0817. The van der Waals surface area contributed by atoms with E-state index in [2.05, 4.69) is 5.32 Å². The van der Waals surface area contributed by atoms with E-state index in [1.807, 2.05) is 13.8 Å². The maximum Gasteiger partial charge on any atom is 0.391 e. The van der Waals surface area contributed by atoms with Gasteiger partial charge in [0.1, 0.15) is 0 Å². The number of hydrogen-bond acceptors (Lipinski definition) is 2. The summed E-state index contributed by atoms with van der Waals surface area (Å²) >= 11 is 0. The van der Waals surface area contributed by atoms with Crippen LogP contribution in [0.4, 0.5) is 13.2 Å². The molecule has 5 heteroatoms. The Balaban J connectivity index is 3.59. The molecule has 0 saturated carbocycles. The highest BCUT2D eigenvalue weighted by molar-refractivity contribution is 4.68. The maximum atomic E-state index is 11.8. The van der Waals surface area contributed by atoms with Crippen molar-refractivity contribution in [3.8, 4) is 0 Å². The molecule has 0 aliphatic heterocycles. The molecule has 15 heavy (non-hydrogen) atoms. The highest BCUT2D eigenvalue weighted by Gasteiger charge is 2.27. The Morgan fingerprint density at radius 1 is 1.27 bits per heavy atom. The molecule has 0 fully saturated rings. The van der Waals surface area contributed by atoms with Crippen LogP contribution in [0.1, 0.15) is 33.6 Å². The van der Waals surface area contributed by atoms with Crippen LogP contribution in [0.15, 0.2) is 0 Å². The molecule has 2 atom stereocenters. The first-order valence-corrected chi connectivity index (χ1v) is 5.28. The van der Waals surface area contributed by atoms with Crippen LogP contribution in [0.2, 0.25) is 0 Å². The minimum atomic E-state index is -4.13. The van der Waals surface area contributed by atoms with Gasteiger partial charge in [-0.3, -0.25) is 0 Å². The Kier molecular flexibility index (Phi) is 6.92. The van der Waals surface area contributed by atoms with Gasteiger partial charge in [0, 0.05) is 6.04 Å².